The van der Waals surface area contributed by atoms with Gasteiger partial charge in [0.05, 0.1) is 11.7 Å². The van der Waals surface area contributed by atoms with Crippen LogP contribution in [0.1, 0.15) is 27.9 Å². The van der Waals surface area contributed by atoms with Gasteiger partial charge >= 0.3 is 0 Å². The Morgan fingerprint density at radius 2 is 2.32 bits per heavy atom. The molecule has 0 bridgehead atoms. The summed E-state index contributed by atoms with van der Waals surface area (Å²) in [4.78, 5) is 13.9. The summed E-state index contributed by atoms with van der Waals surface area (Å²) in [5.41, 5.74) is 1.67. The van der Waals surface area contributed by atoms with E-state index in [1.807, 2.05) is 0 Å². The highest BCUT2D eigenvalue weighted by atomic mass is 19.1. The number of carbonyl (C=O) groups is 1. The molecule has 1 saturated heterocycles. The smallest absolute Gasteiger partial charge is 0.256 e. The zero-order chi connectivity index (χ0) is 14.0. The van der Waals surface area contributed by atoms with Crippen LogP contribution in [0.2, 0.25) is 0 Å². The Labute approximate surface area is 112 Å². The number of likely N-dealkylation sites (tertiary alicyclic amines) is 1. The van der Waals surface area contributed by atoms with Crippen LogP contribution in [0.3, 0.4) is 0 Å². The Morgan fingerprint density at radius 3 is 2.89 bits per heavy atom. The molecule has 1 aromatic carbocycles. The largest absolute Gasteiger partial charge is 0.380 e. The second-order valence-electron chi connectivity index (χ2n) is 4.79. The summed E-state index contributed by atoms with van der Waals surface area (Å²) in [5.74, 6) is -0.755. The average Bonchev–Trinajstić information content (AvgIpc) is 2.87. The fourth-order valence-corrected chi connectivity index (χ4v) is 2.35. The van der Waals surface area contributed by atoms with Crippen LogP contribution in [-0.4, -0.2) is 37.1 Å². The summed E-state index contributed by atoms with van der Waals surface area (Å²) in [7, 11) is 1.63. The van der Waals surface area contributed by atoms with Crippen LogP contribution < -0.4 is 0 Å². The molecule has 0 N–H and O–H groups in total. The topological polar surface area (TPSA) is 29.5 Å². The quantitative estimate of drug-likeness (QED) is 0.839. The molecule has 1 unspecified atom stereocenters. The molecule has 1 amide bonds. The van der Waals surface area contributed by atoms with Gasteiger partial charge in [-0.3, -0.25) is 4.79 Å². The molecule has 1 fully saturated rings. The number of hydrogen-bond donors (Lipinski definition) is 0. The van der Waals surface area contributed by atoms with E-state index in [4.69, 9.17) is 4.74 Å². The van der Waals surface area contributed by atoms with E-state index < -0.39 is 5.82 Å². The summed E-state index contributed by atoms with van der Waals surface area (Å²) in [6.45, 7) is 6.60. The molecule has 4 heteroatoms. The summed E-state index contributed by atoms with van der Waals surface area (Å²) in [6, 6.07) is 2.95. The third kappa shape index (κ3) is 2.68. The van der Waals surface area contributed by atoms with E-state index >= 15 is 0 Å². The highest BCUT2D eigenvalue weighted by molar-refractivity contribution is 5.95. The minimum atomic E-state index is -0.478. The van der Waals surface area contributed by atoms with E-state index in [-0.39, 0.29) is 17.6 Å². The fraction of sp³-hybridized carbons (Fsp3) is 0.400. The van der Waals surface area contributed by atoms with Crippen LogP contribution in [0.5, 0.6) is 0 Å². The number of carbonyl (C=O) groups excluding carboxylic acids is 1. The number of rotatable bonds is 3. The third-order valence-electron chi connectivity index (χ3n) is 3.57. The van der Waals surface area contributed by atoms with Crippen molar-refractivity contribution in [1.82, 2.24) is 4.90 Å². The Hall–Kier alpha value is -1.68. The molecule has 0 spiro atoms. The Morgan fingerprint density at radius 1 is 1.58 bits per heavy atom. The lowest BCUT2D eigenvalue weighted by Gasteiger charge is -2.17. The summed E-state index contributed by atoms with van der Waals surface area (Å²) < 4.78 is 19.2. The predicted octanol–water partition coefficient (Wildman–Crippen LogP) is 2.64. The van der Waals surface area contributed by atoms with Crippen LogP contribution in [0, 0.1) is 12.7 Å². The second-order valence-corrected chi connectivity index (χ2v) is 4.79. The summed E-state index contributed by atoms with van der Waals surface area (Å²) in [5, 5.41) is 0. The molecule has 1 heterocycles. The van der Waals surface area contributed by atoms with Crippen molar-refractivity contribution in [2.45, 2.75) is 19.4 Å². The minimum absolute atomic E-state index is 0.0522. The maximum Gasteiger partial charge on any atom is 0.256 e. The number of amides is 1. The van der Waals surface area contributed by atoms with E-state index in [0.717, 1.165) is 17.5 Å². The second kappa shape index (κ2) is 5.53. The van der Waals surface area contributed by atoms with Crippen LogP contribution >= 0.6 is 0 Å². The SMILES string of the molecule is C=Cc1cc(C(=O)N2CCC(OC)C2)c(F)cc1C. The van der Waals surface area contributed by atoms with Crippen LogP contribution in [0.4, 0.5) is 4.39 Å². The van der Waals surface area contributed by atoms with E-state index in [1.54, 1.807) is 31.1 Å². The monoisotopic (exact) mass is 263 g/mol. The van der Waals surface area contributed by atoms with Gasteiger partial charge < -0.3 is 9.64 Å². The first-order valence-electron chi connectivity index (χ1n) is 6.31. The van der Waals surface area contributed by atoms with Crippen molar-refractivity contribution in [2.24, 2.45) is 0 Å². The zero-order valence-corrected chi connectivity index (χ0v) is 11.3. The Kier molecular flexibility index (Phi) is 4.00. The van der Waals surface area contributed by atoms with Crippen molar-refractivity contribution >= 4 is 12.0 Å². The van der Waals surface area contributed by atoms with Gasteiger partial charge in [-0.05, 0) is 36.6 Å². The number of aryl methyl sites for hydroxylation is 1. The molecular formula is C15H18FNO2. The van der Waals surface area contributed by atoms with E-state index in [2.05, 4.69) is 6.58 Å². The van der Waals surface area contributed by atoms with E-state index in [1.165, 1.54) is 6.07 Å². The zero-order valence-electron chi connectivity index (χ0n) is 11.3. The summed E-state index contributed by atoms with van der Waals surface area (Å²) >= 11 is 0. The normalized spacial score (nSPS) is 18.7. The van der Waals surface area contributed by atoms with Gasteiger partial charge in [-0.1, -0.05) is 12.7 Å². The van der Waals surface area contributed by atoms with Crippen LogP contribution in [-0.2, 0) is 4.74 Å². The molecule has 2 rings (SSSR count). The Bertz CT molecular complexity index is 513. The standard InChI is InChI=1S/C15H18FNO2/c1-4-11-8-13(14(16)7-10(11)2)15(18)17-6-5-12(9-17)19-3/h4,7-8,12H,1,5-6,9H2,2-3H3. The Balaban J connectivity index is 2.26. The summed E-state index contributed by atoms with van der Waals surface area (Å²) in [6.07, 6.45) is 2.48. The van der Waals surface area contributed by atoms with E-state index in [0.29, 0.717) is 13.1 Å². The van der Waals surface area contributed by atoms with Crippen LogP contribution in [0.25, 0.3) is 6.08 Å². The van der Waals surface area contributed by atoms with E-state index in [9.17, 15) is 9.18 Å². The van der Waals surface area contributed by atoms with Crippen molar-refractivity contribution in [2.75, 3.05) is 20.2 Å². The fourth-order valence-electron chi connectivity index (χ4n) is 2.35. The van der Waals surface area contributed by atoms with Crippen molar-refractivity contribution in [3.05, 3.63) is 41.2 Å². The first kappa shape index (κ1) is 13.7. The minimum Gasteiger partial charge on any atom is -0.380 e. The van der Waals surface area contributed by atoms with Gasteiger partial charge in [0.25, 0.3) is 5.91 Å². The molecule has 3 nitrogen and oxygen atoms in total. The van der Waals surface area contributed by atoms with Crippen LogP contribution in [0.15, 0.2) is 18.7 Å². The number of ether oxygens (including phenoxy) is 1. The van der Waals surface area contributed by atoms with Gasteiger partial charge in [-0.2, -0.15) is 0 Å². The molecule has 0 saturated carbocycles. The molecule has 1 aliphatic rings. The number of methoxy groups -OCH3 is 1. The molecule has 1 aliphatic heterocycles. The molecule has 102 valence electrons. The van der Waals surface area contributed by atoms with Gasteiger partial charge in [-0.15, -0.1) is 0 Å². The van der Waals surface area contributed by atoms with Gasteiger partial charge in [0.1, 0.15) is 5.82 Å². The average molecular weight is 263 g/mol. The highest BCUT2D eigenvalue weighted by Crippen LogP contribution is 2.21. The number of halogens is 1. The lowest BCUT2D eigenvalue weighted by molar-refractivity contribution is 0.0720. The lowest BCUT2D eigenvalue weighted by Crippen LogP contribution is -2.30. The molecule has 0 aliphatic carbocycles. The molecular weight excluding hydrogens is 245 g/mol. The molecule has 1 atom stereocenters. The molecule has 0 aromatic heterocycles. The molecule has 0 radical (unpaired) electrons. The maximum atomic E-state index is 13.9. The van der Waals surface area contributed by atoms with Gasteiger partial charge in [0, 0.05) is 20.2 Å². The van der Waals surface area contributed by atoms with Crippen molar-refractivity contribution in [1.29, 1.82) is 0 Å². The third-order valence-corrected chi connectivity index (χ3v) is 3.57. The van der Waals surface area contributed by atoms with Crippen molar-refractivity contribution in [3.8, 4) is 0 Å². The highest BCUT2D eigenvalue weighted by Gasteiger charge is 2.28. The number of hydrogen-bond acceptors (Lipinski definition) is 2. The number of benzene rings is 1. The van der Waals surface area contributed by atoms with Crippen molar-refractivity contribution < 1.29 is 13.9 Å². The first-order chi connectivity index (χ1) is 9.06. The number of nitrogens with zero attached hydrogens (tertiary/aromatic N) is 1. The molecule has 19 heavy (non-hydrogen) atoms. The van der Waals surface area contributed by atoms with Gasteiger partial charge in [-0.25, -0.2) is 4.39 Å². The van der Waals surface area contributed by atoms with Gasteiger partial charge in [0.2, 0.25) is 0 Å². The first-order valence-corrected chi connectivity index (χ1v) is 6.31. The predicted molar refractivity (Wildman–Crippen MR) is 72.5 cm³/mol. The van der Waals surface area contributed by atoms with Gasteiger partial charge in [0.15, 0.2) is 0 Å². The maximum absolute atomic E-state index is 13.9. The molecule has 1 aromatic rings. The lowest BCUT2D eigenvalue weighted by atomic mass is 10.0. The van der Waals surface area contributed by atoms with Crippen molar-refractivity contribution in [3.63, 3.8) is 0 Å².